The average molecular weight is 469 g/mol. The summed E-state index contributed by atoms with van der Waals surface area (Å²) in [6.45, 7) is 6.67. The Kier molecular flexibility index (Phi) is 12.4. The molecule has 0 bridgehead atoms. The quantitative estimate of drug-likeness (QED) is 0.253. The van der Waals surface area contributed by atoms with E-state index in [2.05, 4.69) is 49.0 Å². The zero-order chi connectivity index (χ0) is 22.5. The van der Waals surface area contributed by atoms with Crippen molar-refractivity contribution in [2.45, 2.75) is 93.7 Å². The van der Waals surface area contributed by atoms with Gasteiger partial charge in [0.2, 0.25) is 0 Å². The van der Waals surface area contributed by atoms with Crippen LogP contribution in [0.3, 0.4) is 0 Å². The lowest BCUT2D eigenvalue weighted by Crippen LogP contribution is -2.30. The molecule has 0 saturated carbocycles. The lowest BCUT2D eigenvalue weighted by molar-refractivity contribution is -0.150. The van der Waals surface area contributed by atoms with E-state index in [4.69, 9.17) is 14.6 Å². The van der Waals surface area contributed by atoms with E-state index in [9.17, 15) is 4.79 Å². The van der Waals surface area contributed by atoms with Crippen LogP contribution in [0.2, 0.25) is 0 Å². The van der Waals surface area contributed by atoms with E-state index >= 15 is 0 Å². The number of thioether (sulfide) groups is 2. The molecule has 0 radical (unpaired) electrons. The number of aliphatic hydroxyl groups excluding tert-OH is 1. The third-order valence-electron chi connectivity index (χ3n) is 5.95. The van der Waals surface area contributed by atoms with Crippen molar-refractivity contribution in [1.29, 1.82) is 0 Å². The highest BCUT2D eigenvalue weighted by molar-refractivity contribution is 8.17. The first-order valence-corrected chi connectivity index (χ1v) is 13.7. The maximum atomic E-state index is 12.2. The molecular formula is C25H40O4S2. The van der Waals surface area contributed by atoms with Gasteiger partial charge in [-0.05, 0) is 57.3 Å². The van der Waals surface area contributed by atoms with Gasteiger partial charge in [0, 0.05) is 24.7 Å². The Balaban J connectivity index is 1.57. The SMILES string of the molecule is CCC(C)(CCO)OCCC(C)OC(=O)CCCCC1CCSC(c2ccccc2)S1. The fourth-order valence-corrected chi connectivity index (χ4v) is 7.06. The molecule has 4 unspecified atom stereocenters. The maximum Gasteiger partial charge on any atom is 0.306 e. The van der Waals surface area contributed by atoms with Gasteiger partial charge in [0.1, 0.15) is 6.10 Å². The minimum Gasteiger partial charge on any atom is -0.463 e. The van der Waals surface area contributed by atoms with Gasteiger partial charge in [-0.3, -0.25) is 4.79 Å². The molecule has 1 N–H and O–H groups in total. The van der Waals surface area contributed by atoms with E-state index in [0.717, 1.165) is 19.3 Å². The Hall–Kier alpha value is -0.690. The summed E-state index contributed by atoms with van der Waals surface area (Å²) in [6, 6.07) is 10.8. The minimum atomic E-state index is -0.298. The van der Waals surface area contributed by atoms with Crippen LogP contribution in [0.5, 0.6) is 0 Å². The molecule has 1 saturated heterocycles. The Morgan fingerprint density at radius 3 is 2.77 bits per heavy atom. The fraction of sp³-hybridized carbons (Fsp3) is 0.720. The lowest BCUT2D eigenvalue weighted by atomic mass is 9.99. The number of esters is 1. The number of rotatable bonds is 14. The molecule has 1 fully saturated rings. The number of hydrogen-bond acceptors (Lipinski definition) is 6. The summed E-state index contributed by atoms with van der Waals surface area (Å²) in [6.07, 6.45) is 6.92. The van der Waals surface area contributed by atoms with Gasteiger partial charge in [0.05, 0.1) is 16.8 Å². The number of unbranched alkanes of at least 4 members (excludes halogenated alkanes) is 1. The van der Waals surface area contributed by atoms with Gasteiger partial charge in [-0.1, -0.05) is 43.7 Å². The molecule has 2 rings (SSSR count). The van der Waals surface area contributed by atoms with Crippen molar-refractivity contribution in [3.63, 3.8) is 0 Å². The average Bonchev–Trinajstić information content (AvgIpc) is 2.77. The van der Waals surface area contributed by atoms with Crippen molar-refractivity contribution in [2.75, 3.05) is 19.0 Å². The Morgan fingerprint density at radius 1 is 1.29 bits per heavy atom. The smallest absolute Gasteiger partial charge is 0.306 e. The summed E-state index contributed by atoms with van der Waals surface area (Å²) in [5.74, 6) is 1.11. The third kappa shape index (κ3) is 10.2. The molecule has 1 heterocycles. The van der Waals surface area contributed by atoms with E-state index in [1.54, 1.807) is 0 Å². The van der Waals surface area contributed by atoms with Gasteiger partial charge in [-0.25, -0.2) is 0 Å². The van der Waals surface area contributed by atoms with Crippen molar-refractivity contribution >= 4 is 29.5 Å². The van der Waals surface area contributed by atoms with Crippen LogP contribution >= 0.6 is 23.5 Å². The Labute approximate surface area is 197 Å². The van der Waals surface area contributed by atoms with Crippen molar-refractivity contribution in [1.82, 2.24) is 0 Å². The highest BCUT2D eigenvalue weighted by atomic mass is 32.2. The number of hydrogen-bond donors (Lipinski definition) is 1. The zero-order valence-corrected chi connectivity index (χ0v) is 21.0. The fourth-order valence-electron chi connectivity index (χ4n) is 3.63. The van der Waals surface area contributed by atoms with Crippen LogP contribution in [0.15, 0.2) is 30.3 Å². The highest BCUT2D eigenvalue weighted by Gasteiger charge is 2.24. The predicted molar refractivity (Wildman–Crippen MR) is 133 cm³/mol. The molecule has 0 amide bonds. The van der Waals surface area contributed by atoms with Gasteiger partial charge >= 0.3 is 5.97 Å². The highest BCUT2D eigenvalue weighted by Crippen LogP contribution is 2.48. The van der Waals surface area contributed by atoms with Gasteiger partial charge in [0.25, 0.3) is 0 Å². The molecule has 6 heteroatoms. The van der Waals surface area contributed by atoms with Crippen LogP contribution in [0.25, 0.3) is 0 Å². The predicted octanol–water partition coefficient (Wildman–Crippen LogP) is 6.37. The molecule has 0 aliphatic carbocycles. The number of carbonyl (C=O) groups is 1. The van der Waals surface area contributed by atoms with Crippen LogP contribution in [-0.4, -0.2) is 47.0 Å². The summed E-state index contributed by atoms with van der Waals surface area (Å²) in [7, 11) is 0. The number of benzene rings is 1. The molecular weight excluding hydrogens is 428 g/mol. The molecule has 31 heavy (non-hydrogen) atoms. The summed E-state index contributed by atoms with van der Waals surface area (Å²) in [5, 5.41) is 9.85. The normalized spacial score (nSPS) is 21.9. The van der Waals surface area contributed by atoms with Gasteiger partial charge in [-0.15, -0.1) is 23.5 Å². The molecule has 0 spiro atoms. The Morgan fingerprint density at radius 2 is 2.06 bits per heavy atom. The van der Waals surface area contributed by atoms with Crippen LogP contribution in [0.4, 0.5) is 0 Å². The maximum absolute atomic E-state index is 12.2. The number of carbonyl (C=O) groups excluding carboxylic acids is 1. The van der Waals surface area contributed by atoms with Crippen LogP contribution in [0, 0.1) is 0 Å². The van der Waals surface area contributed by atoms with Crippen molar-refractivity contribution < 1.29 is 19.4 Å². The Bertz CT molecular complexity index is 627. The first-order chi connectivity index (χ1) is 15.0. The molecule has 4 atom stereocenters. The second-order valence-corrected chi connectivity index (χ2v) is 11.5. The first-order valence-electron chi connectivity index (χ1n) is 11.7. The molecule has 1 aliphatic heterocycles. The van der Waals surface area contributed by atoms with E-state index in [0.29, 0.717) is 35.7 Å². The second-order valence-electron chi connectivity index (χ2n) is 8.62. The summed E-state index contributed by atoms with van der Waals surface area (Å²) < 4.78 is 12.0. The van der Waals surface area contributed by atoms with Crippen LogP contribution < -0.4 is 0 Å². The first kappa shape index (κ1) is 26.6. The summed E-state index contributed by atoms with van der Waals surface area (Å²) in [4.78, 5) is 12.2. The summed E-state index contributed by atoms with van der Waals surface area (Å²) >= 11 is 4.14. The third-order valence-corrected chi connectivity index (χ3v) is 9.11. The minimum absolute atomic E-state index is 0.102. The molecule has 176 valence electrons. The summed E-state index contributed by atoms with van der Waals surface area (Å²) in [5.41, 5.74) is 1.12. The number of ether oxygens (including phenoxy) is 2. The lowest BCUT2D eigenvalue weighted by Gasteiger charge is -2.29. The topological polar surface area (TPSA) is 55.8 Å². The second kappa shape index (κ2) is 14.5. The van der Waals surface area contributed by atoms with Crippen molar-refractivity contribution in [2.24, 2.45) is 0 Å². The molecule has 1 aromatic rings. The monoisotopic (exact) mass is 468 g/mol. The molecule has 1 aliphatic rings. The largest absolute Gasteiger partial charge is 0.463 e. The van der Waals surface area contributed by atoms with Crippen molar-refractivity contribution in [3.05, 3.63) is 35.9 Å². The standard InChI is InChI=1S/C25H40O4S2/c1-4-25(3,16-17-26)28-18-14-20(2)29-23(27)13-9-8-12-22-15-19-30-24(31-22)21-10-6-5-7-11-21/h5-7,10-11,20,22,24,26H,4,8-9,12-19H2,1-3H3. The van der Waals surface area contributed by atoms with E-state index < -0.39 is 0 Å². The van der Waals surface area contributed by atoms with Crippen LogP contribution in [-0.2, 0) is 14.3 Å². The molecule has 4 nitrogen and oxygen atoms in total. The van der Waals surface area contributed by atoms with E-state index in [1.807, 2.05) is 25.6 Å². The van der Waals surface area contributed by atoms with E-state index in [-0.39, 0.29) is 24.3 Å². The van der Waals surface area contributed by atoms with Gasteiger partial charge < -0.3 is 14.6 Å². The number of aliphatic hydroxyl groups is 1. The van der Waals surface area contributed by atoms with Gasteiger partial charge in [-0.2, -0.15) is 0 Å². The van der Waals surface area contributed by atoms with E-state index in [1.165, 1.54) is 24.2 Å². The zero-order valence-electron chi connectivity index (χ0n) is 19.4. The van der Waals surface area contributed by atoms with Gasteiger partial charge in [0.15, 0.2) is 0 Å². The van der Waals surface area contributed by atoms with Crippen LogP contribution in [0.1, 0.15) is 82.3 Å². The molecule has 1 aromatic carbocycles. The molecule has 0 aromatic heterocycles. The van der Waals surface area contributed by atoms with Crippen molar-refractivity contribution in [3.8, 4) is 0 Å².